The Morgan fingerprint density at radius 1 is 1.78 bits per heavy atom. The molecule has 0 saturated carbocycles. The molecule has 3 nitrogen and oxygen atoms in total. The van der Waals surface area contributed by atoms with Gasteiger partial charge in [0.1, 0.15) is 5.78 Å². The summed E-state index contributed by atoms with van der Waals surface area (Å²) < 4.78 is 0. The van der Waals surface area contributed by atoms with E-state index in [0.29, 0.717) is 0 Å². The molecule has 2 N–H and O–H groups in total. The van der Waals surface area contributed by atoms with Crippen molar-refractivity contribution in [3.8, 4) is 0 Å². The summed E-state index contributed by atoms with van der Waals surface area (Å²) in [5, 5.41) is 0. The molecular formula is C6H10NO2. The van der Waals surface area contributed by atoms with Crippen molar-refractivity contribution in [3.63, 3.8) is 0 Å². The molecule has 0 unspecified atom stereocenters. The van der Waals surface area contributed by atoms with Crippen LogP contribution in [0.2, 0.25) is 0 Å². The smallest absolute Gasteiger partial charge is 0.206 e. The highest BCUT2D eigenvalue weighted by atomic mass is 16.1. The maximum absolute atomic E-state index is 10.5. The molecular weight excluding hydrogens is 118 g/mol. The van der Waals surface area contributed by atoms with Gasteiger partial charge in [0.25, 0.3) is 0 Å². The van der Waals surface area contributed by atoms with Gasteiger partial charge >= 0.3 is 0 Å². The van der Waals surface area contributed by atoms with E-state index in [9.17, 15) is 9.59 Å². The first-order chi connectivity index (χ1) is 4.16. The molecule has 0 fully saturated rings. The molecule has 0 aromatic heterocycles. The van der Waals surface area contributed by atoms with Gasteiger partial charge in [0.2, 0.25) is 6.29 Å². The van der Waals surface area contributed by atoms with Gasteiger partial charge in [-0.25, -0.2) is 0 Å². The average Bonchev–Trinajstić information content (AvgIpc) is 1.63. The fourth-order valence-corrected chi connectivity index (χ4v) is 0.512. The summed E-state index contributed by atoms with van der Waals surface area (Å²) in [4.78, 5) is 20.1. The molecule has 0 saturated heterocycles. The molecule has 1 radical (unpaired) electrons. The second-order valence-corrected chi connectivity index (χ2v) is 2.04. The van der Waals surface area contributed by atoms with Gasteiger partial charge in [-0.05, 0) is 6.92 Å². The summed E-state index contributed by atoms with van der Waals surface area (Å²) in [6, 6.07) is -0.147. The van der Waals surface area contributed by atoms with Gasteiger partial charge in [0.15, 0.2) is 0 Å². The highest BCUT2D eigenvalue weighted by Crippen LogP contribution is 1.90. The number of carbonyl (C=O) groups excluding carboxylic acids is 2. The fraction of sp³-hybridized carbons (Fsp3) is 0.667. The van der Waals surface area contributed by atoms with Crippen LogP contribution >= 0.6 is 0 Å². The van der Waals surface area contributed by atoms with Crippen LogP contribution in [0, 0.1) is 0 Å². The molecule has 0 aliphatic heterocycles. The van der Waals surface area contributed by atoms with E-state index in [1.807, 2.05) is 0 Å². The lowest BCUT2D eigenvalue weighted by Crippen LogP contribution is -2.19. The molecule has 0 amide bonds. The molecule has 0 spiro atoms. The Labute approximate surface area is 54.2 Å². The van der Waals surface area contributed by atoms with Gasteiger partial charge in [-0.1, -0.05) is 0 Å². The van der Waals surface area contributed by atoms with Crippen molar-refractivity contribution in [2.75, 3.05) is 0 Å². The second kappa shape index (κ2) is 4.21. The van der Waals surface area contributed by atoms with Crippen LogP contribution in [-0.4, -0.2) is 18.1 Å². The third-order valence-corrected chi connectivity index (χ3v) is 0.819. The molecule has 0 aromatic carbocycles. The third kappa shape index (κ3) is 5.17. The largest absolute Gasteiger partial charge is 0.328 e. The SMILES string of the molecule is C[C@@H](N)CC(=O)C[C]=O. The summed E-state index contributed by atoms with van der Waals surface area (Å²) in [6.45, 7) is 1.72. The molecule has 0 bridgehead atoms. The van der Waals surface area contributed by atoms with E-state index >= 15 is 0 Å². The number of Topliss-reactive ketones (excluding diaryl/α,β-unsaturated/α-hetero) is 1. The van der Waals surface area contributed by atoms with Crippen LogP contribution in [0.25, 0.3) is 0 Å². The molecule has 0 aliphatic rings. The number of hydrogen-bond acceptors (Lipinski definition) is 3. The first kappa shape index (κ1) is 8.30. The number of carbonyl (C=O) groups is 1. The molecule has 9 heavy (non-hydrogen) atoms. The summed E-state index contributed by atoms with van der Waals surface area (Å²) >= 11 is 0. The van der Waals surface area contributed by atoms with E-state index in [2.05, 4.69) is 0 Å². The molecule has 0 aromatic rings. The van der Waals surface area contributed by atoms with Gasteiger partial charge in [-0.2, -0.15) is 0 Å². The Balaban J connectivity index is 3.38. The van der Waals surface area contributed by atoms with E-state index in [-0.39, 0.29) is 24.7 Å². The molecule has 0 rings (SSSR count). The van der Waals surface area contributed by atoms with Crippen molar-refractivity contribution < 1.29 is 9.59 Å². The average molecular weight is 128 g/mol. The van der Waals surface area contributed by atoms with Crippen molar-refractivity contribution in [2.45, 2.75) is 25.8 Å². The van der Waals surface area contributed by atoms with Crippen LogP contribution in [0.5, 0.6) is 0 Å². The zero-order chi connectivity index (χ0) is 7.28. The quantitative estimate of drug-likeness (QED) is 0.533. The maximum atomic E-state index is 10.5. The van der Waals surface area contributed by atoms with Gasteiger partial charge in [0, 0.05) is 12.5 Å². The van der Waals surface area contributed by atoms with Crippen LogP contribution in [0.3, 0.4) is 0 Å². The third-order valence-electron chi connectivity index (χ3n) is 0.819. The van der Waals surface area contributed by atoms with Gasteiger partial charge in [-0.3, -0.25) is 9.59 Å². The maximum Gasteiger partial charge on any atom is 0.206 e. The standard InChI is InChI=1S/C6H10NO2/c1-5(7)4-6(9)2-3-8/h5H,2,4,7H2,1H3/t5-/m1/s1. The Morgan fingerprint density at radius 2 is 2.33 bits per heavy atom. The molecule has 3 heteroatoms. The number of nitrogens with two attached hydrogens (primary N) is 1. The minimum absolute atomic E-state index is 0.123. The minimum atomic E-state index is -0.147. The Hall–Kier alpha value is -0.700. The molecule has 0 heterocycles. The van der Waals surface area contributed by atoms with Crippen molar-refractivity contribution >= 4 is 12.1 Å². The summed E-state index contributed by atoms with van der Waals surface area (Å²) in [5.41, 5.74) is 5.27. The van der Waals surface area contributed by atoms with E-state index in [4.69, 9.17) is 5.73 Å². The summed E-state index contributed by atoms with van der Waals surface area (Å²) in [7, 11) is 0. The second-order valence-electron chi connectivity index (χ2n) is 2.04. The van der Waals surface area contributed by atoms with Crippen molar-refractivity contribution in [1.29, 1.82) is 0 Å². The Bertz CT molecular complexity index is 110. The number of ketones is 1. The monoisotopic (exact) mass is 128 g/mol. The normalized spacial score (nSPS) is 12.7. The zero-order valence-corrected chi connectivity index (χ0v) is 5.39. The summed E-state index contributed by atoms with van der Waals surface area (Å²) in [5.74, 6) is -0.139. The predicted octanol–water partition coefficient (Wildman–Crippen LogP) is -0.207. The summed E-state index contributed by atoms with van der Waals surface area (Å²) in [6.07, 6.45) is 1.67. The molecule has 51 valence electrons. The topological polar surface area (TPSA) is 60.2 Å². The van der Waals surface area contributed by atoms with Crippen molar-refractivity contribution in [2.24, 2.45) is 5.73 Å². The highest BCUT2D eigenvalue weighted by Gasteiger charge is 2.03. The fourth-order valence-electron chi connectivity index (χ4n) is 0.512. The van der Waals surface area contributed by atoms with Crippen LogP contribution in [0.15, 0.2) is 0 Å². The van der Waals surface area contributed by atoms with Crippen LogP contribution in [-0.2, 0) is 9.59 Å². The Morgan fingerprint density at radius 3 is 2.67 bits per heavy atom. The lowest BCUT2D eigenvalue weighted by molar-refractivity contribution is -0.118. The lowest BCUT2D eigenvalue weighted by atomic mass is 10.1. The first-order valence-corrected chi connectivity index (χ1v) is 2.79. The van der Waals surface area contributed by atoms with E-state index in [1.54, 1.807) is 6.92 Å². The van der Waals surface area contributed by atoms with Gasteiger partial charge < -0.3 is 5.73 Å². The van der Waals surface area contributed by atoms with Crippen LogP contribution in [0.1, 0.15) is 19.8 Å². The first-order valence-electron chi connectivity index (χ1n) is 2.79. The number of hydrogen-bond donors (Lipinski definition) is 1. The highest BCUT2D eigenvalue weighted by molar-refractivity contribution is 5.90. The van der Waals surface area contributed by atoms with Crippen LogP contribution in [0.4, 0.5) is 0 Å². The van der Waals surface area contributed by atoms with E-state index in [1.165, 1.54) is 6.29 Å². The van der Waals surface area contributed by atoms with Crippen LogP contribution < -0.4 is 5.73 Å². The minimum Gasteiger partial charge on any atom is -0.328 e. The van der Waals surface area contributed by atoms with Gasteiger partial charge in [-0.15, -0.1) is 0 Å². The van der Waals surface area contributed by atoms with E-state index < -0.39 is 0 Å². The predicted molar refractivity (Wildman–Crippen MR) is 33.6 cm³/mol. The van der Waals surface area contributed by atoms with Crippen molar-refractivity contribution in [1.82, 2.24) is 0 Å². The van der Waals surface area contributed by atoms with E-state index in [0.717, 1.165) is 0 Å². The molecule has 1 atom stereocenters. The zero-order valence-electron chi connectivity index (χ0n) is 5.39. The van der Waals surface area contributed by atoms with Gasteiger partial charge in [0.05, 0.1) is 6.42 Å². The number of rotatable bonds is 4. The Kier molecular flexibility index (Phi) is 3.88. The molecule has 0 aliphatic carbocycles. The lowest BCUT2D eigenvalue weighted by Gasteiger charge is -1.98. The van der Waals surface area contributed by atoms with Crippen molar-refractivity contribution in [3.05, 3.63) is 0 Å².